The van der Waals surface area contributed by atoms with Crippen LogP contribution in [0.5, 0.6) is 0 Å². The van der Waals surface area contributed by atoms with Crippen molar-refractivity contribution < 1.29 is 4.79 Å². The Bertz CT molecular complexity index is 1490. The van der Waals surface area contributed by atoms with E-state index in [4.69, 9.17) is 5.73 Å². The number of anilines is 1. The Balaban J connectivity index is 1.64. The van der Waals surface area contributed by atoms with Crippen molar-refractivity contribution in [3.05, 3.63) is 105 Å². The van der Waals surface area contributed by atoms with Crippen LogP contribution in [0.25, 0.3) is 11.4 Å². The molecule has 2 N–H and O–H groups in total. The lowest BCUT2D eigenvalue weighted by Crippen LogP contribution is -2.43. The molecule has 2 heterocycles. The van der Waals surface area contributed by atoms with E-state index in [1.165, 1.54) is 11.6 Å². The molecule has 178 valence electrons. The van der Waals surface area contributed by atoms with Gasteiger partial charge in [-0.1, -0.05) is 78.5 Å². The SMILES string of the molecule is C=CCn1c(SCC(=O)c2c(N)n(Cc3ccccc3)c(=O)n(C)c2=O)nnc1-c1ccccc1. The molecule has 0 fully saturated rings. The maximum atomic E-state index is 13.2. The highest BCUT2D eigenvalue weighted by Gasteiger charge is 2.23. The van der Waals surface area contributed by atoms with E-state index >= 15 is 0 Å². The topological polar surface area (TPSA) is 118 Å². The fourth-order valence-electron chi connectivity index (χ4n) is 3.66. The second-order valence-corrected chi connectivity index (χ2v) is 8.70. The Kier molecular flexibility index (Phi) is 7.11. The molecule has 0 bridgehead atoms. The lowest BCUT2D eigenvalue weighted by Gasteiger charge is -2.14. The van der Waals surface area contributed by atoms with E-state index in [0.717, 1.165) is 27.5 Å². The Hall–Kier alpha value is -4.18. The molecule has 0 spiro atoms. The van der Waals surface area contributed by atoms with Crippen LogP contribution >= 0.6 is 11.8 Å². The molecule has 0 atom stereocenters. The first kappa shape index (κ1) is 24.0. The van der Waals surface area contributed by atoms with Crippen molar-refractivity contribution in [2.45, 2.75) is 18.2 Å². The average molecular weight is 489 g/mol. The van der Waals surface area contributed by atoms with Gasteiger partial charge in [0.1, 0.15) is 11.4 Å². The van der Waals surface area contributed by atoms with E-state index < -0.39 is 17.0 Å². The van der Waals surface area contributed by atoms with E-state index in [1.54, 1.807) is 6.08 Å². The number of hydrogen-bond acceptors (Lipinski definition) is 7. The summed E-state index contributed by atoms with van der Waals surface area (Å²) in [5.74, 6) is -0.103. The van der Waals surface area contributed by atoms with Gasteiger partial charge in [-0.05, 0) is 5.56 Å². The Morgan fingerprint density at radius 1 is 1.03 bits per heavy atom. The average Bonchev–Trinajstić information content (AvgIpc) is 3.28. The quantitative estimate of drug-likeness (QED) is 0.219. The Morgan fingerprint density at radius 2 is 1.69 bits per heavy atom. The van der Waals surface area contributed by atoms with Gasteiger partial charge >= 0.3 is 5.69 Å². The van der Waals surface area contributed by atoms with Crippen LogP contribution in [0.2, 0.25) is 0 Å². The van der Waals surface area contributed by atoms with E-state index in [-0.39, 0.29) is 23.7 Å². The van der Waals surface area contributed by atoms with Crippen LogP contribution in [-0.2, 0) is 20.1 Å². The van der Waals surface area contributed by atoms with Gasteiger partial charge in [0, 0.05) is 19.2 Å². The van der Waals surface area contributed by atoms with Crippen molar-refractivity contribution in [1.29, 1.82) is 0 Å². The number of carbonyl (C=O) groups is 1. The zero-order valence-corrected chi connectivity index (χ0v) is 19.9. The monoisotopic (exact) mass is 488 g/mol. The fourth-order valence-corrected chi connectivity index (χ4v) is 4.48. The van der Waals surface area contributed by atoms with E-state index in [0.29, 0.717) is 17.5 Å². The van der Waals surface area contributed by atoms with Crippen molar-refractivity contribution >= 4 is 23.4 Å². The third kappa shape index (κ3) is 4.87. The fraction of sp³-hybridized carbons (Fsp3) is 0.160. The number of ketones is 1. The summed E-state index contributed by atoms with van der Waals surface area (Å²) in [6.07, 6.45) is 1.72. The third-order valence-electron chi connectivity index (χ3n) is 5.44. The highest BCUT2D eigenvalue weighted by molar-refractivity contribution is 7.99. The molecule has 0 aliphatic rings. The smallest absolute Gasteiger partial charge is 0.332 e. The number of aromatic nitrogens is 5. The van der Waals surface area contributed by atoms with E-state index in [2.05, 4.69) is 16.8 Å². The summed E-state index contributed by atoms with van der Waals surface area (Å²) >= 11 is 1.14. The van der Waals surface area contributed by atoms with Crippen molar-refractivity contribution in [2.75, 3.05) is 11.5 Å². The predicted molar refractivity (Wildman–Crippen MR) is 137 cm³/mol. The molecule has 0 unspecified atom stereocenters. The summed E-state index contributed by atoms with van der Waals surface area (Å²) in [4.78, 5) is 38.7. The molecule has 0 amide bonds. The highest BCUT2D eigenvalue weighted by atomic mass is 32.2. The molecular formula is C25H24N6O3S. The molecule has 2 aromatic heterocycles. The molecule has 4 aromatic rings. The highest BCUT2D eigenvalue weighted by Crippen LogP contribution is 2.25. The molecule has 0 saturated heterocycles. The third-order valence-corrected chi connectivity index (χ3v) is 6.41. The number of hydrogen-bond donors (Lipinski definition) is 1. The molecular weight excluding hydrogens is 464 g/mol. The van der Waals surface area contributed by atoms with E-state index in [9.17, 15) is 14.4 Å². The summed E-state index contributed by atoms with van der Waals surface area (Å²) in [5, 5.41) is 9.01. The van der Waals surface area contributed by atoms with E-state index in [1.807, 2.05) is 65.2 Å². The first-order valence-electron chi connectivity index (χ1n) is 10.8. The van der Waals surface area contributed by atoms with Crippen LogP contribution < -0.4 is 17.0 Å². The molecule has 0 radical (unpaired) electrons. The molecule has 35 heavy (non-hydrogen) atoms. The summed E-state index contributed by atoms with van der Waals surface area (Å²) in [7, 11) is 1.34. The van der Waals surface area contributed by atoms with Gasteiger partial charge in [0.05, 0.1) is 12.3 Å². The number of rotatable bonds is 9. The van der Waals surface area contributed by atoms with Crippen LogP contribution in [0.1, 0.15) is 15.9 Å². The molecule has 0 saturated carbocycles. The van der Waals surface area contributed by atoms with Crippen LogP contribution in [0.4, 0.5) is 5.82 Å². The van der Waals surface area contributed by atoms with Gasteiger partial charge in [0.15, 0.2) is 16.8 Å². The molecule has 0 aliphatic carbocycles. The van der Waals surface area contributed by atoms with Gasteiger partial charge in [-0.2, -0.15) is 0 Å². The maximum absolute atomic E-state index is 13.2. The number of nitrogens with two attached hydrogens (primary N) is 1. The lowest BCUT2D eigenvalue weighted by molar-refractivity contribution is 0.102. The zero-order valence-electron chi connectivity index (χ0n) is 19.1. The van der Waals surface area contributed by atoms with Gasteiger partial charge in [-0.25, -0.2) is 4.79 Å². The van der Waals surface area contributed by atoms with Gasteiger partial charge in [0.25, 0.3) is 5.56 Å². The molecule has 4 rings (SSSR count). The number of carbonyl (C=O) groups excluding carboxylic acids is 1. The Labute approximate surface area is 205 Å². The maximum Gasteiger partial charge on any atom is 0.332 e. The summed E-state index contributed by atoms with van der Waals surface area (Å²) in [6.45, 7) is 4.38. The van der Waals surface area contributed by atoms with Crippen molar-refractivity contribution in [2.24, 2.45) is 7.05 Å². The summed E-state index contributed by atoms with van der Waals surface area (Å²) in [5.41, 5.74) is 6.38. The number of Topliss-reactive ketones (excluding diaryl/α,β-unsaturated/α-hetero) is 1. The summed E-state index contributed by atoms with van der Waals surface area (Å²) < 4.78 is 3.99. The molecule has 9 nitrogen and oxygen atoms in total. The number of nitrogen functional groups attached to an aromatic ring is 1. The van der Waals surface area contributed by atoms with Crippen molar-refractivity contribution in [3.63, 3.8) is 0 Å². The van der Waals surface area contributed by atoms with Gasteiger partial charge in [-0.15, -0.1) is 16.8 Å². The number of thioether (sulfide) groups is 1. The standard InChI is InChI=1S/C25H24N6O3S/c1-3-14-30-22(18-12-8-5-9-13-18)27-28-24(30)35-16-19(32)20-21(26)31(25(34)29(2)23(20)33)15-17-10-6-4-7-11-17/h3-13H,1,14-16,26H2,2H3. The summed E-state index contributed by atoms with van der Waals surface area (Å²) in [6, 6.07) is 18.8. The van der Waals surface area contributed by atoms with Gasteiger partial charge in [0.2, 0.25) is 0 Å². The molecule has 0 aliphatic heterocycles. The molecule has 2 aromatic carbocycles. The van der Waals surface area contributed by atoms with Gasteiger partial charge in [-0.3, -0.25) is 23.3 Å². The van der Waals surface area contributed by atoms with Crippen LogP contribution in [0.3, 0.4) is 0 Å². The minimum Gasteiger partial charge on any atom is -0.384 e. The first-order chi connectivity index (χ1) is 16.9. The number of allylic oxidation sites excluding steroid dienone is 1. The van der Waals surface area contributed by atoms with Crippen LogP contribution in [0, 0.1) is 0 Å². The largest absolute Gasteiger partial charge is 0.384 e. The van der Waals surface area contributed by atoms with Crippen LogP contribution in [0.15, 0.2) is 88.1 Å². The zero-order chi connectivity index (χ0) is 24.9. The van der Waals surface area contributed by atoms with Crippen molar-refractivity contribution in [1.82, 2.24) is 23.9 Å². The first-order valence-corrected chi connectivity index (χ1v) is 11.8. The minimum absolute atomic E-state index is 0.104. The second-order valence-electron chi connectivity index (χ2n) is 7.76. The second kappa shape index (κ2) is 10.4. The predicted octanol–water partition coefficient (Wildman–Crippen LogP) is 2.60. The van der Waals surface area contributed by atoms with Gasteiger partial charge < -0.3 is 5.73 Å². The van der Waals surface area contributed by atoms with Crippen LogP contribution in [-0.4, -0.2) is 35.4 Å². The number of nitrogens with zero attached hydrogens (tertiary/aromatic N) is 5. The number of benzene rings is 2. The molecule has 10 heteroatoms. The lowest BCUT2D eigenvalue weighted by atomic mass is 10.2. The normalized spacial score (nSPS) is 10.9. The van der Waals surface area contributed by atoms with Crippen molar-refractivity contribution in [3.8, 4) is 11.4 Å². The Morgan fingerprint density at radius 3 is 2.34 bits per heavy atom. The minimum atomic E-state index is -0.722.